The zero-order chi connectivity index (χ0) is 21.5. The maximum atomic E-state index is 12.7. The van der Waals surface area contributed by atoms with E-state index in [1.807, 2.05) is 16.7 Å². The molecule has 0 spiro atoms. The van der Waals surface area contributed by atoms with Gasteiger partial charge in [-0.1, -0.05) is 50.4 Å². The van der Waals surface area contributed by atoms with Crippen molar-refractivity contribution in [1.29, 1.82) is 0 Å². The summed E-state index contributed by atoms with van der Waals surface area (Å²) < 4.78 is 1.90. The third kappa shape index (κ3) is 5.09. The molecule has 8 heteroatoms. The lowest BCUT2D eigenvalue weighted by Gasteiger charge is -2.14. The Bertz CT molecular complexity index is 998. The number of carbonyl (C=O) groups excluding carboxylic acids is 1. The quantitative estimate of drug-likeness (QED) is 0.440. The molecule has 7 nitrogen and oxygen atoms in total. The monoisotopic (exact) mass is 428 g/mol. The molecule has 160 valence electrons. The van der Waals surface area contributed by atoms with Crippen molar-refractivity contribution in [2.24, 2.45) is 11.7 Å². The number of aryl methyl sites for hydroxylation is 1. The number of hydrogen-bond donors (Lipinski definition) is 3. The van der Waals surface area contributed by atoms with Crippen molar-refractivity contribution in [2.75, 3.05) is 23.7 Å². The van der Waals surface area contributed by atoms with Crippen LogP contribution < -0.4 is 16.4 Å². The highest BCUT2D eigenvalue weighted by Gasteiger charge is 2.17. The Balaban J connectivity index is 1.89. The van der Waals surface area contributed by atoms with Crippen LogP contribution in [0, 0.1) is 5.92 Å². The maximum absolute atomic E-state index is 12.7. The fraction of sp³-hybridized carbons (Fsp3) is 0.409. The summed E-state index contributed by atoms with van der Waals surface area (Å²) in [6.07, 6.45) is 2.99. The van der Waals surface area contributed by atoms with Gasteiger partial charge in [0.05, 0.1) is 10.6 Å². The summed E-state index contributed by atoms with van der Waals surface area (Å²) >= 11 is 6.17. The number of rotatable bonds is 10. The molecule has 0 atom stereocenters. The van der Waals surface area contributed by atoms with Crippen molar-refractivity contribution < 1.29 is 4.79 Å². The smallest absolute Gasteiger partial charge is 0.259 e. The highest BCUT2D eigenvalue weighted by Crippen LogP contribution is 2.23. The second-order valence-electron chi connectivity index (χ2n) is 7.27. The number of carbonyl (C=O) groups is 1. The molecule has 0 aliphatic rings. The first kappa shape index (κ1) is 22.1. The maximum Gasteiger partial charge on any atom is 0.259 e. The van der Waals surface area contributed by atoms with Crippen LogP contribution in [0.25, 0.3) is 11.2 Å². The van der Waals surface area contributed by atoms with Crippen molar-refractivity contribution in [3.05, 3.63) is 47.0 Å². The normalized spacial score (nSPS) is 11.2. The lowest BCUT2D eigenvalue weighted by Crippen LogP contribution is -2.17. The highest BCUT2D eigenvalue weighted by molar-refractivity contribution is 6.34. The van der Waals surface area contributed by atoms with Gasteiger partial charge < -0.3 is 11.1 Å². The summed E-state index contributed by atoms with van der Waals surface area (Å²) in [5.41, 5.74) is 7.55. The van der Waals surface area contributed by atoms with Crippen molar-refractivity contribution in [2.45, 2.75) is 39.7 Å². The molecule has 0 unspecified atom stereocenters. The van der Waals surface area contributed by atoms with Crippen molar-refractivity contribution in [3.8, 4) is 0 Å². The van der Waals surface area contributed by atoms with Crippen LogP contribution in [-0.2, 0) is 6.54 Å². The lowest BCUT2D eigenvalue weighted by atomic mass is 10.0. The van der Waals surface area contributed by atoms with Crippen LogP contribution >= 0.6 is 11.6 Å². The molecule has 1 amide bonds. The van der Waals surface area contributed by atoms with Crippen LogP contribution in [0.15, 0.2) is 36.4 Å². The third-order valence-electron chi connectivity index (χ3n) is 5.25. The Morgan fingerprint density at radius 2 is 1.93 bits per heavy atom. The molecule has 0 radical (unpaired) electrons. The van der Waals surface area contributed by atoms with Crippen LogP contribution in [0.3, 0.4) is 0 Å². The van der Waals surface area contributed by atoms with Gasteiger partial charge in [-0.15, -0.1) is 0 Å². The van der Waals surface area contributed by atoms with E-state index < -0.39 is 0 Å². The fourth-order valence-corrected chi connectivity index (χ4v) is 3.52. The largest absolute Gasteiger partial charge is 0.370 e. The molecule has 0 bridgehead atoms. The first-order valence-electron chi connectivity index (χ1n) is 10.4. The van der Waals surface area contributed by atoms with E-state index in [9.17, 15) is 4.79 Å². The average Bonchev–Trinajstić information content (AvgIpc) is 3.09. The number of halogens is 1. The average molecular weight is 429 g/mol. The van der Waals surface area contributed by atoms with E-state index in [1.165, 1.54) is 0 Å². The first-order valence-corrected chi connectivity index (χ1v) is 10.8. The van der Waals surface area contributed by atoms with Crippen molar-refractivity contribution in [1.82, 2.24) is 14.5 Å². The minimum atomic E-state index is -0.308. The van der Waals surface area contributed by atoms with Crippen LogP contribution in [0.2, 0.25) is 5.02 Å². The molecule has 2 aromatic heterocycles. The minimum Gasteiger partial charge on any atom is -0.370 e. The van der Waals surface area contributed by atoms with Crippen LogP contribution in [0.4, 0.5) is 11.8 Å². The molecule has 4 N–H and O–H groups in total. The second kappa shape index (κ2) is 10.4. The Morgan fingerprint density at radius 1 is 1.17 bits per heavy atom. The Labute approximate surface area is 182 Å². The molecule has 0 saturated heterocycles. The number of amides is 1. The predicted octanol–water partition coefficient (Wildman–Crippen LogP) is 4.53. The molecule has 3 aromatic rings. The van der Waals surface area contributed by atoms with Gasteiger partial charge in [0, 0.05) is 13.1 Å². The molecular weight excluding hydrogens is 400 g/mol. The van der Waals surface area contributed by atoms with Crippen molar-refractivity contribution in [3.63, 3.8) is 0 Å². The minimum absolute atomic E-state index is 0.308. The molecule has 0 aliphatic heterocycles. The number of fused-ring (bicyclic) bond motifs is 1. The molecule has 30 heavy (non-hydrogen) atoms. The van der Waals surface area contributed by atoms with E-state index in [0.717, 1.165) is 37.1 Å². The van der Waals surface area contributed by atoms with E-state index >= 15 is 0 Å². The number of pyridine rings is 1. The number of benzene rings is 1. The third-order valence-corrected chi connectivity index (χ3v) is 5.58. The van der Waals surface area contributed by atoms with Crippen LogP contribution in [0.1, 0.15) is 43.5 Å². The summed E-state index contributed by atoms with van der Waals surface area (Å²) in [5.74, 6) is 1.53. The second-order valence-corrected chi connectivity index (χ2v) is 7.67. The van der Waals surface area contributed by atoms with Gasteiger partial charge in [0.2, 0.25) is 5.95 Å². The van der Waals surface area contributed by atoms with Crippen molar-refractivity contribution >= 4 is 40.4 Å². The van der Waals surface area contributed by atoms with Gasteiger partial charge in [-0.2, -0.15) is 0 Å². The predicted molar refractivity (Wildman–Crippen MR) is 123 cm³/mol. The summed E-state index contributed by atoms with van der Waals surface area (Å²) in [7, 11) is 0. The van der Waals surface area contributed by atoms with Crippen LogP contribution in [0.5, 0.6) is 0 Å². The number of anilines is 2. The molecule has 2 heterocycles. The molecule has 0 aliphatic carbocycles. The molecular formula is C22H29ClN6O. The van der Waals surface area contributed by atoms with Gasteiger partial charge in [-0.3, -0.25) is 14.7 Å². The van der Waals surface area contributed by atoms with Gasteiger partial charge in [0.1, 0.15) is 11.3 Å². The molecule has 3 rings (SSSR count). The SMILES string of the molecule is CCC(CC)CNc1ccc2nc(NC(=O)c3ccccc3Cl)n(CCCN)c2n1. The van der Waals surface area contributed by atoms with Gasteiger partial charge in [-0.05, 0) is 43.1 Å². The van der Waals surface area contributed by atoms with Gasteiger partial charge in [0.25, 0.3) is 5.91 Å². The number of nitrogens with zero attached hydrogens (tertiary/aromatic N) is 3. The van der Waals surface area contributed by atoms with E-state index in [1.54, 1.807) is 24.3 Å². The Hall–Kier alpha value is -2.64. The number of nitrogens with one attached hydrogen (secondary N) is 2. The van der Waals surface area contributed by atoms with Gasteiger partial charge >= 0.3 is 0 Å². The Kier molecular flexibility index (Phi) is 7.65. The summed E-state index contributed by atoms with van der Waals surface area (Å²) in [5, 5.41) is 6.70. The Morgan fingerprint density at radius 3 is 2.63 bits per heavy atom. The summed E-state index contributed by atoms with van der Waals surface area (Å²) in [6.45, 7) is 6.40. The lowest BCUT2D eigenvalue weighted by molar-refractivity contribution is 0.102. The summed E-state index contributed by atoms with van der Waals surface area (Å²) in [4.78, 5) is 22.1. The van der Waals surface area contributed by atoms with Gasteiger partial charge in [0.15, 0.2) is 5.65 Å². The first-order chi connectivity index (χ1) is 14.6. The van der Waals surface area contributed by atoms with Gasteiger partial charge in [-0.25, -0.2) is 9.97 Å². The van der Waals surface area contributed by atoms with E-state index in [2.05, 4.69) is 29.5 Å². The fourth-order valence-electron chi connectivity index (χ4n) is 3.30. The molecule has 1 aromatic carbocycles. The van der Waals surface area contributed by atoms with E-state index in [-0.39, 0.29) is 5.91 Å². The standard InChI is InChI=1S/C22H29ClN6O/c1-3-15(4-2)14-25-19-11-10-18-20(27-19)29(13-7-12-24)22(26-18)28-21(30)16-8-5-6-9-17(16)23/h5-6,8-11,15H,3-4,7,12-14,24H2,1-2H3,(H,25,27)(H,26,28,30). The van der Waals surface area contributed by atoms with E-state index in [0.29, 0.717) is 41.2 Å². The number of aromatic nitrogens is 3. The number of imidazole rings is 1. The van der Waals surface area contributed by atoms with E-state index in [4.69, 9.17) is 22.3 Å². The molecule has 0 fully saturated rings. The zero-order valence-corrected chi connectivity index (χ0v) is 18.2. The number of nitrogens with two attached hydrogens (primary N) is 1. The zero-order valence-electron chi connectivity index (χ0n) is 17.5. The topological polar surface area (TPSA) is 97.9 Å². The number of hydrogen-bond acceptors (Lipinski definition) is 5. The molecule has 0 saturated carbocycles. The summed E-state index contributed by atoms with van der Waals surface area (Å²) in [6, 6.07) is 10.8. The highest BCUT2D eigenvalue weighted by atomic mass is 35.5. The van der Waals surface area contributed by atoms with Crippen LogP contribution in [-0.4, -0.2) is 33.5 Å².